The first kappa shape index (κ1) is 16.6. The normalized spacial score (nSPS) is 18.7. The lowest BCUT2D eigenvalue weighted by Gasteiger charge is -2.16. The molecule has 1 aromatic carbocycles. The Balaban J connectivity index is 1.72. The van der Waals surface area contributed by atoms with E-state index in [0.717, 1.165) is 19.4 Å². The van der Waals surface area contributed by atoms with Crippen molar-refractivity contribution in [3.63, 3.8) is 0 Å². The highest BCUT2D eigenvalue weighted by Crippen LogP contribution is 2.17. The minimum absolute atomic E-state index is 0.00217. The highest BCUT2D eigenvalue weighted by atomic mass is 32.1. The number of aliphatic hydroxyl groups is 1. The van der Waals surface area contributed by atoms with Crippen molar-refractivity contribution in [2.75, 3.05) is 19.7 Å². The highest BCUT2D eigenvalue weighted by Gasteiger charge is 2.15. The van der Waals surface area contributed by atoms with Gasteiger partial charge in [0.25, 0.3) is 5.69 Å². The summed E-state index contributed by atoms with van der Waals surface area (Å²) in [5, 5.41) is 27.0. The molecule has 1 fully saturated rings. The summed E-state index contributed by atoms with van der Waals surface area (Å²) < 4.78 is 5.47. The van der Waals surface area contributed by atoms with Crippen molar-refractivity contribution in [1.82, 2.24) is 10.6 Å². The molecule has 1 heterocycles. The van der Waals surface area contributed by atoms with E-state index in [1.165, 1.54) is 24.3 Å². The van der Waals surface area contributed by atoms with Crippen LogP contribution in [0.25, 0.3) is 0 Å². The minimum Gasteiger partial charge on any atom is -0.387 e. The Labute approximate surface area is 133 Å². The fourth-order valence-corrected chi connectivity index (χ4v) is 2.37. The molecule has 2 atom stereocenters. The molecule has 1 aliphatic heterocycles. The number of rotatable bonds is 6. The van der Waals surface area contributed by atoms with Gasteiger partial charge >= 0.3 is 0 Å². The number of nitro groups is 1. The summed E-state index contributed by atoms with van der Waals surface area (Å²) in [5.41, 5.74) is 0.595. The molecular weight excluding hydrogens is 306 g/mol. The van der Waals surface area contributed by atoms with Crippen molar-refractivity contribution in [3.8, 4) is 0 Å². The summed E-state index contributed by atoms with van der Waals surface area (Å²) >= 11 is 5.13. The van der Waals surface area contributed by atoms with E-state index in [1.54, 1.807) is 0 Å². The lowest BCUT2D eigenvalue weighted by molar-refractivity contribution is -0.384. The van der Waals surface area contributed by atoms with E-state index >= 15 is 0 Å². The molecule has 8 heteroatoms. The van der Waals surface area contributed by atoms with E-state index in [0.29, 0.717) is 17.2 Å². The number of nitrogens with zero attached hydrogens (tertiary/aromatic N) is 1. The van der Waals surface area contributed by atoms with Crippen molar-refractivity contribution in [2.45, 2.75) is 25.0 Å². The smallest absolute Gasteiger partial charge is 0.269 e. The SMILES string of the molecule is O=[N+]([O-])c1ccc([C@@H](O)CNC(=S)NC[C@H]2CCCO2)cc1. The number of nitrogens with one attached hydrogen (secondary N) is 2. The monoisotopic (exact) mass is 325 g/mol. The molecule has 0 aliphatic carbocycles. The van der Waals surface area contributed by atoms with Crippen LogP contribution in [0.5, 0.6) is 0 Å². The van der Waals surface area contributed by atoms with Gasteiger partial charge in [-0.05, 0) is 42.8 Å². The molecule has 0 unspecified atom stereocenters. The van der Waals surface area contributed by atoms with Gasteiger partial charge in [0.05, 0.1) is 17.1 Å². The van der Waals surface area contributed by atoms with Crippen LogP contribution in [0, 0.1) is 10.1 Å². The number of nitro benzene ring substituents is 1. The van der Waals surface area contributed by atoms with Crippen molar-refractivity contribution < 1.29 is 14.8 Å². The molecule has 120 valence electrons. The van der Waals surface area contributed by atoms with Gasteiger partial charge < -0.3 is 20.5 Å². The Hall–Kier alpha value is -1.77. The molecule has 0 spiro atoms. The summed E-state index contributed by atoms with van der Waals surface area (Å²) in [6.07, 6.45) is 1.51. The zero-order valence-electron chi connectivity index (χ0n) is 12.0. The van der Waals surface area contributed by atoms with E-state index in [-0.39, 0.29) is 18.3 Å². The Bertz CT molecular complexity index is 517. The first-order chi connectivity index (χ1) is 10.6. The first-order valence-electron chi connectivity index (χ1n) is 7.12. The maximum absolute atomic E-state index is 10.6. The van der Waals surface area contributed by atoms with Gasteiger partial charge in [0, 0.05) is 31.8 Å². The third kappa shape index (κ3) is 4.90. The van der Waals surface area contributed by atoms with Gasteiger partial charge in [0.15, 0.2) is 5.11 Å². The molecule has 0 bridgehead atoms. The topological polar surface area (TPSA) is 96.7 Å². The summed E-state index contributed by atoms with van der Waals surface area (Å²) in [6, 6.07) is 5.81. The van der Waals surface area contributed by atoms with Crippen molar-refractivity contribution >= 4 is 23.0 Å². The number of aliphatic hydroxyl groups excluding tert-OH is 1. The molecular formula is C14H19N3O4S. The van der Waals surface area contributed by atoms with Gasteiger partial charge in [-0.1, -0.05) is 0 Å². The number of ether oxygens (including phenoxy) is 1. The lowest BCUT2D eigenvalue weighted by Crippen LogP contribution is -2.40. The first-order valence-corrected chi connectivity index (χ1v) is 7.53. The Morgan fingerprint density at radius 1 is 1.45 bits per heavy atom. The molecule has 1 aromatic rings. The molecule has 0 radical (unpaired) electrons. The molecule has 1 aliphatic rings. The van der Waals surface area contributed by atoms with E-state index < -0.39 is 11.0 Å². The number of thiocarbonyl (C=S) groups is 1. The molecule has 3 N–H and O–H groups in total. The average molecular weight is 325 g/mol. The molecule has 0 saturated carbocycles. The second kappa shape index (κ2) is 8.02. The zero-order valence-corrected chi connectivity index (χ0v) is 12.8. The summed E-state index contributed by atoms with van der Waals surface area (Å²) in [7, 11) is 0. The van der Waals surface area contributed by atoms with Crippen LogP contribution in [0.1, 0.15) is 24.5 Å². The number of hydrogen-bond acceptors (Lipinski definition) is 5. The van der Waals surface area contributed by atoms with Crippen LogP contribution in [0.15, 0.2) is 24.3 Å². The fraction of sp³-hybridized carbons (Fsp3) is 0.500. The molecule has 2 rings (SSSR count). The third-order valence-electron chi connectivity index (χ3n) is 3.46. The lowest BCUT2D eigenvalue weighted by atomic mass is 10.1. The second-order valence-electron chi connectivity index (χ2n) is 5.09. The average Bonchev–Trinajstić information content (AvgIpc) is 3.04. The van der Waals surface area contributed by atoms with Gasteiger partial charge in [0.1, 0.15) is 0 Å². The predicted octanol–water partition coefficient (Wildman–Crippen LogP) is 1.27. The van der Waals surface area contributed by atoms with Crippen LogP contribution in [0.2, 0.25) is 0 Å². The quantitative estimate of drug-likeness (QED) is 0.412. The third-order valence-corrected chi connectivity index (χ3v) is 3.75. The molecule has 0 amide bonds. The molecule has 0 aromatic heterocycles. The minimum atomic E-state index is -0.789. The van der Waals surface area contributed by atoms with Gasteiger partial charge in [-0.3, -0.25) is 10.1 Å². The van der Waals surface area contributed by atoms with Gasteiger partial charge in [-0.2, -0.15) is 0 Å². The van der Waals surface area contributed by atoms with Crippen LogP contribution in [0.3, 0.4) is 0 Å². The Morgan fingerprint density at radius 3 is 2.77 bits per heavy atom. The summed E-state index contributed by atoms with van der Waals surface area (Å²) in [5.74, 6) is 0. The molecule has 7 nitrogen and oxygen atoms in total. The molecule has 1 saturated heterocycles. The van der Waals surface area contributed by atoms with Gasteiger partial charge in [-0.15, -0.1) is 0 Å². The van der Waals surface area contributed by atoms with Crippen LogP contribution in [0.4, 0.5) is 5.69 Å². The van der Waals surface area contributed by atoms with Crippen LogP contribution < -0.4 is 10.6 Å². The Kier molecular flexibility index (Phi) is 6.05. The van der Waals surface area contributed by atoms with E-state index in [2.05, 4.69) is 10.6 Å². The van der Waals surface area contributed by atoms with E-state index in [4.69, 9.17) is 17.0 Å². The number of benzene rings is 1. The standard InChI is InChI=1S/C14H19N3O4S/c18-13(10-3-5-11(6-4-10)17(19)20)9-16-14(22)15-8-12-2-1-7-21-12/h3-6,12-13,18H,1-2,7-9H2,(H2,15,16,22)/t12-,13+/m1/s1. The highest BCUT2D eigenvalue weighted by molar-refractivity contribution is 7.80. The number of hydrogen-bond donors (Lipinski definition) is 3. The van der Waals surface area contributed by atoms with Crippen LogP contribution in [-0.2, 0) is 4.74 Å². The summed E-state index contributed by atoms with van der Waals surface area (Å²) in [6.45, 7) is 1.68. The van der Waals surface area contributed by atoms with Crippen molar-refractivity contribution in [1.29, 1.82) is 0 Å². The predicted molar refractivity (Wildman–Crippen MR) is 85.6 cm³/mol. The van der Waals surface area contributed by atoms with Crippen LogP contribution in [-0.4, -0.2) is 40.9 Å². The van der Waals surface area contributed by atoms with Crippen molar-refractivity contribution in [3.05, 3.63) is 39.9 Å². The Morgan fingerprint density at radius 2 is 2.18 bits per heavy atom. The van der Waals surface area contributed by atoms with E-state index in [1.807, 2.05) is 0 Å². The summed E-state index contributed by atoms with van der Waals surface area (Å²) in [4.78, 5) is 10.1. The fourth-order valence-electron chi connectivity index (χ4n) is 2.20. The van der Waals surface area contributed by atoms with Crippen LogP contribution >= 0.6 is 12.2 Å². The maximum Gasteiger partial charge on any atom is 0.269 e. The van der Waals surface area contributed by atoms with Gasteiger partial charge in [0.2, 0.25) is 0 Å². The maximum atomic E-state index is 10.6. The largest absolute Gasteiger partial charge is 0.387 e. The van der Waals surface area contributed by atoms with Gasteiger partial charge in [-0.25, -0.2) is 0 Å². The number of non-ortho nitro benzene ring substituents is 1. The zero-order chi connectivity index (χ0) is 15.9. The van der Waals surface area contributed by atoms with E-state index in [9.17, 15) is 15.2 Å². The second-order valence-corrected chi connectivity index (χ2v) is 5.50. The van der Waals surface area contributed by atoms with Crippen molar-refractivity contribution in [2.24, 2.45) is 0 Å². The molecule has 22 heavy (non-hydrogen) atoms.